The molecule has 0 fully saturated rings. The van der Waals surface area contributed by atoms with Crippen molar-refractivity contribution in [2.45, 2.75) is 12.5 Å². The number of aromatic carboxylic acids is 1. The third kappa shape index (κ3) is 4.45. The Morgan fingerprint density at radius 3 is 2.84 bits per heavy atom. The van der Waals surface area contributed by atoms with Crippen molar-refractivity contribution in [2.75, 3.05) is 25.6 Å². The number of hydrogen-bond acceptors (Lipinski definition) is 4. The van der Waals surface area contributed by atoms with E-state index in [1.165, 1.54) is 19.2 Å². The van der Waals surface area contributed by atoms with E-state index in [1.807, 2.05) is 0 Å². The number of carbonyl (C=O) groups is 1. The smallest absolute Gasteiger partial charge is 0.336 e. The normalized spacial score (nSPS) is 12.2. The lowest BCUT2D eigenvalue weighted by Crippen LogP contribution is -2.18. The standard InChI is InChI=1S/C12H15BrFNO4/c1-19-6-7(16)4-5-15-9-3-2-8(12(17)18)10(13)11(9)14/h2-3,7,15-16H,4-6H2,1H3,(H,17,18). The molecule has 0 saturated carbocycles. The fourth-order valence-electron chi connectivity index (χ4n) is 1.50. The van der Waals surface area contributed by atoms with Crippen LogP contribution >= 0.6 is 15.9 Å². The molecule has 1 atom stereocenters. The summed E-state index contributed by atoms with van der Waals surface area (Å²) in [7, 11) is 1.48. The van der Waals surface area contributed by atoms with Gasteiger partial charge < -0.3 is 20.3 Å². The molecule has 106 valence electrons. The van der Waals surface area contributed by atoms with E-state index in [4.69, 9.17) is 9.84 Å². The first kappa shape index (κ1) is 15.9. The molecule has 0 heterocycles. The minimum Gasteiger partial charge on any atom is -0.478 e. The van der Waals surface area contributed by atoms with Gasteiger partial charge in [-0.15, -0.1) is 0 Å². The highest BCUT2D eigenvalue weighted by atomic mass is 79.9. The van der Waals surface area contributed by atoms with Crippen LogP contribution in [0.5, 0.6) is 0 Å². The van der Waals surface area contributed by atoms with Crippen molar-refractivity contribution >= 4 is 27.6 Å². The van der Waals surface area contributed by atoms with E-state index in [1.54, 1.807) is 0 Å². The summed E-state index contributed by atoms with van der Waals surface area (Å²) in [5.41, 5.74) is 0.0453. The van der Waals surface area contributed by atoms with Gasteiger partial charge in [0.25, 0.3) is 0 Å². The molecule has 1 rings (SSSR count). The highest BCUT2D eigenvalue weighted by Crippen LogP contribution is 2.27. The first-order valence-corrected chi connectivity index (χ1v) is 6.38. The van der Waals surface area contributed by atoms with Crippen LogP contribution in [-0.4, -0.2) is 42.5 Å². The average Bonchev–Trinajstić information content (AvgIpc) is 2.34. The minimum atomic E-state index is -1.20. The summed E-state index contributed by atoms with van der Waals surface area (Å²) < 4.78 is 18.5. The maximum atomic E-state index is 13.8. The molecule has 0 spiro atoms. The third-order valence-corrected chi connectivity index (χ3v) is 3.24. The number of carboxylic acids is 1. The van der Waals surface area contributed by atoms with Gasteiger partial charge in [0.15, 0.2) is 5.82 Å². The zero-order chi connectivity index (χ0) is 14.4. The lowest BCUT2D eigenvalue weighted by molar-refractivity contribution is 0.0615. The number of halogens is 2. The van der Waals surface area contributed by atoms with Crippen LogP contribution in [-0.2, 0) is 4.74 Å². The van der Waals surface area contributed by atoms with E-state index in [0.29, 0.717) is 13.0 Å². The molecule has 0 aliphatic carbocycles. The van der Waals surface area contributed by atoms with Gasteiger partial charge in [-0.25, -0.2) is 9.18 Å². The number of aliphatic hydroxyl groups is 1. The molecule has 1 aromatic carbocycles. The van der Waals surface area contributed by atoms with Gasteiger partial charge in [0, 0.05) is 13.7 Å². The van der Waals surface area contributed by atoms with Crippen LogP contribution in [0.15, 0.2) is 16.6 Å². The number of benzene rings is 1. The van der Waals surface area contributed by atoms with Gasteiger partial charge in [-0.3, -0.25) is 0 Å². The fourth-order valence-corrected chi connectivity index (χ4v) is 2.02. The summed E-state index contributed by atoms with van der Waals surface area (Å²) in [6.07, 6.45) is -0.228. The van der Waals surface area contributed by atoms with E-state index in [0.717, 1.165) is 0 Å². The number of anilines is 1. The van der Waals surface area contributed by atoms with Crippen molar-refractivity contribution < 1.29 is 24.1 Å². The summed E-state index contributed by atoms with van der Waals surface area (Å²) in [5, 5.41) is 21.0. The summed E-state index contributed by atoms with van der Waals surface area (Å²) in [4.78, 5) is 10.8. The molecule has 5 nitrogen and oxygen atoms in total. The first-order valence-electron chi connectivity index (χ1n) is 5.59. The SMILES string of the molecule is COCC(O)CCNc1ccc(C(=O)O)c(Br)c1F. The van der Waals surface area contributed by atoms with Gasteiger partial charge in [0.1, 0.15) is 0 Å². The number of nitrogens with one attached hydrogen (secondary N) is 1. The molecular weight excluding hydrogens is 321 g/mol. The van der Waals surface area contributed by atoms with Gasteiger partial charge in [0.05, 0.1) is 28.4 Å². The molecule has 19 heavy (non-hydrogen) atoms. The maximum Gasteiger partial charge on any atom is 0.336 e. The van der Waals surface area contributed by atoms with Crippen LogP contribution < -0.4 is 5.32 Å². The van der Waals surface area contributed by atoms with Gasteiger partial charge >= 0.3 is 5.97 Å². The molecule has 1 aromatic rings. The fraction of sp³-hybridized carbons (Fsp3) is 0.417. The van der Waals surface area contributed by atoms with Crippen molar-refractivity contribution in [3.05, 3.63) is 28.0 Å². The molecule has 0 saturated heterocycles. The zero-order valence-electron chi connectivity index (χ0n) is 10.3. The van der Waals surface area contributed by atoms with Crippen molar-refractivity contribution in [3.8, 4) is 0 Å². The largest absolute Gasteiger partial charge is 0.478 e. The molecule has 0 bridgehead atoms. The molecule has 7 heteroatoms. The molecule has 0 amide bonds. The second-order valence-electron chi connectivity index (χ2n) is 3.92. The lowest BCUT2D eigenvalue weighted by Gasteiger charge is -2.12. The van der Waals surface area contributed by atoms with Crippen molar-refractivity contribution in [2.24, 2.45) is 0 Å². The Labute approximate surface area is 118 Å². The number of ether oxygens (including phenoxy) is 1. The molecule has 3 N–H and O–H groups in total. The monoisotopic (exact) mass is 335 g/mol. The van der Waals surface area contributed by atoms with Gasteiger partial charge in [-0.05, 0) is 34.5 Å². The van der Waals surface area contributed by atoms with Crippen molar-refractivity contribution in [3.63, 3.8) is 0 Å². The Kier molecular flexibility index (Phi) is 6.20. The van der Waals surface area contributed by atoms with Crippen LogP contribution in [0.25, 0.3) is 0 Å². The van der Waals surface area contributed by atoms with Gasteiger partial charge in [0.2, 0.25) is 0 Å². The zero-order valence-corrected chi connectivity index (χ0v) is 11.9. The predicted octanol–water partition coefficient (Wildman–Crippen LogP) is 2.10. The molecular formula is C12H15BrFNO4. The molecule has 1 unspecified atom stereocenters. The third-order valence-electron chi connectivity index (χ3n) is 2.46. The number of aliphatic hydroxyl groups excluding tert-OH is 1. The Balaban J connectivity index is 2.65. The van der Waals surface area contributed by atoms with Crippen LogP contribution in [0.4, 0.5) is 10.1 Å². The minimum absolute atomic E-state index is 0.0950. The summed E-state index contributed by atoms with van der Waals surface area (Å²) >= 11 is 2.91. The van der Waals surface area contributed by atoms with E-state index >= 15 is 0 Å². The van der Waals surface area contributed by atoms with Gasteiger partial charge in [-0.1, -0.05) is 0 Å². The van der Waals surface area contributed by atoms with Gasteiger partial charge in [-0.2, -0.15) is 0 Å². The Morgan fingerprint density at radius 1 is 1.58 bits per heavy atom. The molecule has 0 aliphatic heterocycles. The highest BCUT2D eigenvalue weighted by Gasteiger charge is 2.15. The summed E-state index contributed by atoms with van der Waals surface area (Å²) in [5.74, 6) is -1.87. The average molecular weight is 336 g/mol. The van der Waals surface area contributed by atoms with E-state index in [2.05, 4.69) is 21.2 Å². The van der Waals surface area contributed by atoms with E-state index in [9.17, 15) is 14.3 Å². The van der Waals surface area contributed by atoms with E-state index < -0.39 is 17.9 Å². The van der Waals surface area contributed by atoms with E-state index in [-0.39, 0.29) is 22.3 Å². The second-order valence-corrected chi connectivity index (χ2v) is 4.71. The maximum absolute atomic E-state index is 13.8. The van der Waals surface area contributed by atoms with Crippen LogP contribution in [0.3, 0.4) is 0 Å². The Hall–Kier alpha value is -1.18. The molecule has 0 radical (unpaired) electrons. The van der Waals surface area contributed by atoms with Crippen LogP contribution in [0, 0.1) is 5.82 Å². The quantitative estimate of drug-likeness (QED) is 0.711. The summed E-state index contributed by atoms with van der Waals surface area (Å²) in [6, 6.07) is 2.66. The molecule has 0 aromatic heterocycles. The van der Waals surface area contributed by atoms with Crippen LogP contribution in [0.1, 0.15) is 16.8 Å². The topological polar surface area (TPSA) is 78.8 Å². The number of hydrogen-bond donors (Lipinski definition) is 3. The summed E-state index contributed by atoms with van der Waals surface area (Å²) in [6.45, 7) is 0.562. The predicted molar refractivity (Wildman–Crippen MR) is 72.0 cm³/mol. The Bertz CT molecular complexity index is 456. The van der Waals surface area contributed by atoms with Crippen LogP contribution in [0.2, 0.25) is 0 Å². The van der Waals surface area contributed by atoms with Crippen molar-refractivity contribution in [1.29, 1.82) is 0 Å². The second kappa shape index (κ2) is 7.42. The Morgan fingerprint density at radius 2 is 2.26 bits per heavy atom. The number of carboxylic acid groups (broad SMARTS) is 1. The number of rotatable bonds is 7. The number of methoxy groups -OCH3 is 1. The van der Waals surface area contributed by atoms with Crippen molar-refractivity contribution in [1.82, 2.24) is 0 Å². The highest BCUT2D eigenvalue weighted by molar-refractivity contribution is 9.10. The first-order chi connectivity index (χ1) is 8.97. The molecule has 0 aliphatic rings. The lowest BCUT2D eigenvalue weighted by atomic mass is 10.2.